The summed E-state index contributed by atoms with van der Waals surface area (Å²) >= 11 is 0. The number of hydrogen-bond donors (Lipinski definition) is 2. The standard InChI is InChI=1S/C13H20N2O4/c1-4-5-6-7-13(18)19-9-12(17)14-8-11(16)15-10(2)3/h4-7,10H,8-9H2,1-3H3,(H,14,17)(H,15,16)/b5-4+,7-6+. The highest BCUT2D eigenvalue weighted by Gasteiger charge is 2.07. The third-order valence-corrected chi connectivity index (χ3v) is 1.78. The van der Waals surface area contributed by atoms with E-state index in [0.29, 0.717) is 0 Å². The summed E-state index contributed by atoms with van der Waals surface area (Å²) in [7, 11) is 0. The SMILES string of the molecule is C/C=C/C=C/C(=O)OCC(=O)NCC(=O)NC(C)C. The molecule has 106 valence electrons. The van der Waals surface area contributed by atoms with Gasteiger partial charge in [0.15, 0.2) is 6.61 Å². The number of esters is 1. The molecule has 0 bridgehead atoms. The molecule has 0 heterocycles. The third kappa shape index (κ3) is 10.7. The van der Waals surface area contributed by atoms with Crippen molar-refractivity contribution in [3.05, 3.63) is 24.3 Å². The Bertz CT molecular complexity index is 373. The number of nitrogens with one attached hydrogen (secondary N) is 2. The molecule has 0 rings (SSSR count). The van der Waals surface area contributed by atoms with Crippen molar-refractivity contribution in [1.29, 1.82) is 0 Å². The topological polar surface area (TPSA) is 84.5 Å². The molecule has 0 unspecified atom stereocenters. The van der Waals surface area contributed by atoms with Crippen LogP contribution < -0.4 is 10.6 Å². The molecule has 0 aromatic heterocycles. The monoisotopic (exact) mass is 268 g/mol. The van der Waals surface area contributed by atoms with E-state index in [1.807, 2.05) is 20.8 Å². The van der Waals surface area contributed by atoms with Gasteiger partial charge in [-0.05, 0) is 20.8 Å². The maximum absolute atomic E-state index is 11.3. The van der Waals surface area contributed by atoms with Gasteiger partial charge >= 0.3 is 5.97 Å². The molecule has 0 aromatic carbocycles. The number of amides is 2. The van der Waals surface area contributed by atoms with E-state index in [1.165, 1.54) is 12.2 Å². The quantitative estimate of drug-likeness (QED) is 0.395. The minimum Gasteiger partial charge on any atom is -0.452 e. The van der Waals surface area contributed by atoms with Crippen LogP contribution in [-0.2, 0) is 19.1 Å². The summed E-state index contributed by atoms with van der Waals surface area (Å²) in [6, 6.07) is 0.0130. The molecule has 0 aromatic rings. The average Bonchev–Trinajstić information content (AvgIpc) is 2.33. The molecule has 6 heteroatoms. The van der Waals surface area contributed by atoms with E-state index in [0.717, 1.165) is 0 Å². The van der Waals surface area contributed by atoms with Crippen LogP contribution in [0.25, 0.3) is 0 Å². The van der Waals surface area contributed by atoms with Gasteiger partial charge in [-0.2, -0.15) is 0 Å². The number of carbonyl (C=O) groups excluding carboxylic acids is 3. The van der Waals surface area contributed by atoms with Crippen LogP contribution in [0.4, 0.5) is 0 Å². The Morgan fingerprint density at radius 3 is 2.42 bits per heavy atom. The van der Waals surface area contributed by atoms with Gasteiger partial charge in [0.2, 0.25) is 5.91 Å². The first-order valence-corrected chi connectivity index (χ1v) is 5.98. The van der Waals surface area contributed by atoms with Crippen LogP contribution in [0.3, 0.4) is 0 Å². The molecule has 2 amide bonds. The summed E-state index contributed by atoms with van der Waals surface area (Å²) < 4.78 is 4.66. The van der Waals surface area contributed by atoms with Crippen LogP contribution in [0.15, 0.2) is 24.3 Å². The molecule has 6 nitrogen and oxygen atoms in total. The number of hydrogen-bond acceptors (Lipinski definition) is 4. The van der Waals surface area contributed by atoms with Gasteiger partial charge in [0.25, 0.3) is 5.91 Å². The first-order valence-electron chi connectivity index (χ1n) is 5.98. The maximum atomic E-state index is 11.3. The molecular weight excluding hydrogens is 248 g/mol. The fraction of sp³-hybridized carbons (Fsp3) is 0.462. The van der Waals surface area contributed by atoms with Crippen molar-refractivity contribution >= 4 is 17.8 Å². The van der Waals surface area contributed by atoms with Crippen LogP contribution in [0.1, 0.15) is 20.8 Å². The van der Waals surface area contributed by atoms with Crippen LogP contribution in [-0.4, -0.2) is 37.0 Å². The summed E-state index contributed by atoms with van der Waals surface area (Å²) in [5, 5.41) is 4.96. The number of carbonyl (C=O) groups is 3. The van der Waals surface area contributed by atoms with Gasteiger partial charge < -0.3 is 15.4 Å². The summed E-state index contributed by atoms with van der Waals surface area (Å²) in [4.78, 5) is 33.6. The molecule has 0 aliphatic rings. The molecular formula is C13H20N2O4. The van der Waals surface area contributed by atoms with Crippen molar-refractivity contribution in [2.45, 2.75) is 26.8 Å². The average molecular weight is 268 g/mol. The molecule has 0 atom stereocenters. The second-order valence-corrected chi connectivity index (χ2v) is 3.99. The van der Waals surface area contributed by atoms with E-state index in [1.54, 1.807) is 12.2 Å². The highest BCUT2D eigenvalue weighted by atomic mass is 16.5. The Morgan fingerprint density at radius 1 is 1.16 bits per heavy atom. The van der Waals surface area contributed by atoms with Crippen molar-refractivity contribution in [2.75, 3.05) is 13.2 Å². The van der Waals surface area contributed by atoms with Crippen molar-refractivity contribution < 1.29 is 19.1 Å². The Balaban J connectivity index is 3.81. The Kier molecular flexibility index (Phi) is 8.78. The second-order valence-electron chi connectivity index (χ2n) is 3.99. The highest BCUT2D eigenvalue weighted by Crippen LogP contribution is 1.84. The summed E-state index contributed by atoms with van der Waals surface area (Å²) in [5.74, 6) is -1.42. The Morgan fingerprint density at radius 2 is 1.84 bits per heavy atom. The normalized spacial score (nSPS) is 10.9. The molecule has 0 fully saturated rings. The lowest BCUT2D eigenvalue weighted by atomic mass is 10.4. The second kappa shape index (κ2) is 9.87. The van der Waals surface area contributed by atoms with E-state index >= 15 is 0 Å². The van der Waals surface area contributed by atoms with E-state index in [2.05, 4.69) is 15.4 Å². The maximum Gasteiger partial charge on any atom is 0.331 e. The van der Waals surface area contributed by atoms with Crippen LogP contribution in [0.5, 0.6) is 0 Å². The van der Waals surface area contributed by atoms with Gasteiger partial charge in [0.1, 0.15) is 0 Å². The van der Waals surface area contributed by atoms with Crippen molar-refractivity contribution in [2.24, 2.45) is 0 Å². The van der Waals surface area contributed by atoms with E-state index in [-0.39, 0.29) is 18.5 Å². The van der Waals surface area contributed by atoms with Gasteiger partial charge in [-0.3, -0.25) is 9.59 Å². The molecule has 0 saturated carbocycles. The van der Waals surface area contributed by atoms with Gasteiger partial charge in [-0.15, -0.1) is 0 Å². The van der Waals surface area contributed by atoms with Gasteiger partial charge in [-0.25, -0.2) is 4.79 Å². The number of allylic oxidation sites excluding steroid dienone is 3. The summed E-state index contributed by atoms with van der Waals surface area (Å²) in [6.07, 6.45) is 6.14. The van der Waals surface area contributed by atoms with Crippen molar-refractivity contribution in [3.63, 3.8) is 0 Å². The highest BCUT2D eigenvalue weighted by molar-refractivity contribution is 5.88. The zero-order valence-electron chi connectivity index (χ0n) is 11.4. The molecule has 19 heavy (non-hydrogen) atoms. The van der Waals surface area contributed by atoms with Crippen molar-refractivity contribution in [3.8, 4) is 0 Å². The third-order valence-electron chi connectivity index (χ3n) is 1.78. The van der Waals surface area contributed by atoms with Gasteiger partial charge in [-0.1, -0.05) is 18.2 Å². The van der Waals surface area contributed by atoms with Crippen LogP contribution >= 0.6 is 0 Å². The van der Waals surface area contributed by atoms with Crippen LogP contribution in [0, 0.1) is 0 Å². The zero-order valence-corrected chi connectivity index (χ0v) is 11.4. The lowest BCUT2D eigenvalue weighted by Crippen LogP contribution is -2.41. The smallest absolute Gasteiger partial charge is 0.331 e. The van der Waals surface area contributed by atoms with E-state index < -0.39 is 18.5 Å². The predicted octanol–water partition coefficient (Wildman–Crippen LogP) is 0.303. The van der Waals surface area contributed by atoms with E-state index in [4.69, 9.17) is 0 Å². The van der Waals surface area contributed by atoms with Crippen molar-refractivity contribution in [1.82, 2.24) is 10.6 Å². The van der Waals surface area contributed by atoms with Crippen LogP contribution in [0.2, 0.25) is 0 Å². The molecule has 2 N–H and O–H groups in total. The van der Waals surface area contributed by atoms with Gasteiger partial charge in [0, 0.05) is 12.1 Å². The fourth-order valence-electron chi connectivity index (χ4n) is 1.03. The summed E-state index contributed by atoms with van der Waals surface area (Å²) in [6.45, 7) is 4.90. The molecule has 0 spiro atoms. The predicted molar refractivity (Wildman–Crippen MR) is 71.2 cm³/mol. The van der Waals surface area contributed by atoms with E-state index in [9.17, 15) is 14.4 Å². The molecule has 0 aliphatic heterocycles. The fourth-order valence-corrected chi connectivity index (χ4v) is 1.03. The largest absolute Gasteiger partial charge is 0.452 e. The first kappa shape index (κ1) is 16.9. The van der Waals surface area contributed by atoms with Gasteiger partial charge in [0.05, 0.1) is 6.54 Å². The zero-order chi connectivity index (χ0) is 14.7. The Labute approximate surface area is 112 Å². The Hall–Kier alpha value is -2.11. The first-order chi connectivity index (χ1) is 8.95. The molecule has 0 radical (unpaired) electrons. The molecule has 0 saturated heterocycles. The number of rotatable bonds is 7. The lowest BCUT2D eigenvalue weighted by Gasteiger charge is -2.09. The minimum atomic E-state index is -0.611. The molecule has 0 aliphatic carbocycles. The summed E-state index contributed by atoms with van der Waals surface area (Å²) in [5.41, 5.74) is 0. The number of ether oxygens (including phenoxy) is 1. The minimum absolute atomic E-state index is 0.0130. The lowest BCUT2D eigenvalue weighted by molar-refractivity contribution is -0.144.